The van der Waals surface area contributed by atoms with Crippen molar-refractivity contribution in [1.82, 2.24) is 29.8 Å². The number of Topliss-reactive ketones (excluding diaryl/α,β-unsaturated/α-hetero) is 1. The minimum Gasteiger partial charge on any atom is -0.460 e. The molecule has 99 heavy (non-hydrogen) atoms. The van der Waals surface area contributed by atoms with Gasteiger partial charge < -0.3 is 76.9 Å². The molecule has 7 amide bonds. The van der Waals surface area contributed by atoms with E-state index in [9.17, 15) is 43.2 Å². The van der Waals surface area contributed by atoms with Crippen LogP contribution in [0.2, 0.25) is 0 Å². The number of methoxy groups -OCH3 is 4. The number of benzene rings is 1. The molecule has 0 aliphatic carbocycles. The lowest BCUT2D eigenvalue weighted by molar-refractivity contribution is -0.140. The number of likely N-dealkylation sites (tertiary alicyclic amines) is 2. The first kappa shape index (κ1) is 86.5. The Kier molecular flexibility index (Phi) is 49.5. The van der Waals surface area contributed by atoms with E-state index in [-0.39, 0.29) is 105 Å². The van der Waals surface area contributed by atoms with E-state index >= 15 is 0 Å². The first-order chi connectivity index (χ1) is 48.4. The lowest BCUT2D eigenvalue weighted by Crippen LogP contribution is -2.36. The lowest BCUT2D eigenvalue weighted by Gasteiger charge is -2.24. The van der Waals surface area contributed by atoms with Crippen LogP contribution in [0.5, 0.6) is 5.75 Å². The Hall–Kier alpha value is -4.89. The maximum Gasteiger partial charge on any atom is 0.414 e. The fourth-order valence-electron chi connectivity index (χ4n) is 10.6. The van der Waals surface area contributed by atoms with Gasteiger partial charge in [0.2, 0.25) is 35.4 Å². The van der Waals surface area contributed by atoms with Gasteiger partial charge in [0.25, 0.3) is 6.45 Å². The second kappa shape index (κ2) is 56.6. The number of carbonyl (C=O) groups excluding carboxylic acids is 9. The number of amides is 7. The van der Waals surface area contributed by atoms with Crippen molar-refractivity contribution in [2.24, 2.45) is 0 Å². The van der Waals surface area contributed by atoms with Crippen LogP contribution < -0.4 is 10.1 Å². The number of hydrogen-bond acceptors (Lipinski definition) is 24. The Labute approximate surface area is 598 Å². The van der Waals surface area contributed by atoms with Gasteiger partial charge in [0.1, 0.15) is 29.8 Å². The van der Waals surface area contributed by atoms with Crippen molar-refractivity contribution >= 4 is 77.3 Å². The number of nitrogens with zero attached hydrogens (tertiary/aromatic N) is 5. The molecular formula is C70H118N6O21S2. The van der Waals surface area contributed by atoms with Crippen LogP contribution in [0.3, 0.4) is 0 Å². The topological polar surface area (TPSA) is 293 Å². The molecule has 1 N–H and O–H groups in total. The van der Waals surface area contributed by atoms with Gasteiger partial charge in [-0.05, 0) is 114 Å². The van der Waals surface area contributed by atoms with Crippen LogP contribution in [0, 0.1) is 0 Å². The van der Waals surface area contributed by atoms with Crippen LogP contribution >= 0.6 is 23.5 Å². The first-order valence-corrected chi connectivity index (χ1v) is 37.3. The summed E-state index contributed by atoms with van der Waals surface area (Å²) in [6.45, 7) is 8.59. The molecule has 566 valence electrons. The summed E-state index contributed by atoms with van der Waals surface area (Å²) in [5.74, 6) is 0.247. The molecule has 5 unspecified atom stereocenters. The summed E-state index contributed by atoms with van der Waals surface area (Å²) >= 11 is 2.92. The van der Waals surface area contributed by atoms with Gasteiger partial charge in [0.15, 0.2) is 1.37 Å². The van der Waals surface area contributed by atoms with Crippen LogP contribution in [0.25, 0.3) is 0 Å². The van der Waals surface area contributed by atoms with E-state index in [2.05, 4.69) is 5.32 Å². The molecule has 0 spiro atoms. The van der Waals surface area contributed by atoms with Gasteiger partial charge in [0.05, 0.1) is 89.8 Å². The molecule has 1 aromatic rings. The third kappa shape index (κ3) is 40.5. The summed E-state index contributed by atoms with van der Waals surface area (Å²) in [4.78, 5) is 124. The monoisotopic (exact) mass is 1440 g/mol. The highest BCUT2D eigenvalue weighted by molar-refractivity contribution is 8.00. The van der Waals surface area contributed by atoms with Gasteiger partial charge in [-0.15, -0.1) is 23.5 Å². The zero-order valence-corrected chi connectivity index (χ0v) is 61.9. The molecule has 0 aromatic heterocycles. The number of thioether (sulfide) groups is 2. The van der Waals surface area contributed by atoms with E-state index in [0.717, 1.165) is 64.3 Å². The van der Waals surface area contributed by atoms with E-state index in [4.69, 9.17) is 58.2 Å². The second-order valence-corrected chi connectivity index (χ2v) is 27.3. The maximum atomic E-state index is 14.0. The Balaban J connectivity index is 1.44. The van der Waals surface area contributed by atoms with Crippen molar-refractivity contribution < 1.29 is 101 Å². The molecule has 29 heteroatoms. The third-order valence-electron chi connectivity index (χ3n) is 16.3. The van der Waals surface area contributed by atoms with Crippen molar-refractivity contribution in [3.05, 3.63) is 29.8 Å². The highest BCUT2D eigenvalue weighted by Crippen LogP contribution is 2.29. The number of unbranched alkanes of at least 4 members (excludes halogenated alkanes) is 7. The highest BCUT2D eigenvalue weighted by Gasteiger charge is 2.40. The Bertz CT molecular complexity index is 2360. The van der Waals surface area contributed by atoms with E-state index < -0.39 is 29.1 Å². The summed E-state index contributed by atoms with van der Waals surface area (Å²) in [5, 5.41) is 1.84. The number of imide groups is 2. The van der Waals surface area contributed by atoms with Crippen molar-refractivity contribution in [3.63, 3.8) is 0 Å². The van der Waals surface area contributed by atoms with E-state index in [1.807, 2.05) is 23.9 Å². The van der Waals surface area contributed by atoms with Gasteiger partial charge in [-0.25, -0.2) is 4.79 Å². The molecule has 2 aliphatic heterocycles. The van der Waals surface area contributed by atoms with E-state index in [0.29, 0.717) is 174 Å². The largest absolute Gasteiger partial charge is 0.460 e. The summed E-state index contributed by atoms with van der Waals surface area (Å²) in [6, 6.07) is 6.57. The maximum absolute atomic E-state index is 14.0. The first-order valence-electron chi connectivity index (χ1n) is 35.7. The smallest absolute Gasteiger partial charge is 0.414 e. The van der Waals surface area contributed by atoms with Crippen LogP contribution in [0.4, 0.5) is 4.79 Å². The summed E-state index contributed by atoms with van der Waals surface area (Å²) in [7, 11) is 12.0. The zero-order chi connectivity index (χ0) is 73.0. The Morgan fingerprint density at radius 2 is 1.07 bits per heavy atom. The van der Waals surface area contributed by atoms with Gasteiger partial charge in [-0.2, -0.15) is 0 Å². The van der Waals surface area contributed by atoms with Crippen molar-refractivity contribution in [2.45, 2.75) is 157 Å². The fourth-order valence-corrected chi connectivity index (χ4v) is 12.9. The molecule has 3 rings (SSSR count). The summed E-state index contributed by atoms with van der Waals surface area (Å²) < 4.78 is 73.0. The Morgan fingerprint density at radius 3 is 1.60 bits per heavy atom. The fraction of sp³-hybridized carbons (Fsp3) is 0.786. The van der Waals surface area contributed by atoms with E-state index in [1.54, 1.807) is 59.8 Å². The normalized spacial score (nSPS) is 15.8. The average molecular weight is 1440 g/mol. The van der Waals surface area contributed by atoms with Crippen molar-refractivity contribution in [2.75, 3.05) is 199 Å². The molecule has 2 saturated heterocycles. The highest BCUT2D eigenvalue weighted by atomic mass is 32.2. The number of ketones is 1. The zero-order valence-electron chi connectivity index (χ0n) is 61.2. The number of hydrogen-bond donors (Lipinski definition) is 1. The molecule has 5 atom stereocenters. The predicted octanol–water partition coefficient (Wildman–Crippen LogP) is 6.57. The van der Waals surface area contributed by atoms with Gasteiger partial charge in [0, 0.05) is 126 Å². The number of rotatable bonds is 64. The molecule has 2 fully saturated rings. The minimum absolute atomic E-state index is 0.000629. The van der Waals surface area contributed by atoms with E-state index in [1.165, 1.54) is 38.2 Å². The molecule has 0 bridgehead atoms. The van der Waals surface area contributed by atoms with Gasteiger partial charge in [-0.3, -0.25) is 48.2 Å². The SMILES string of the molecule is [2H]C(=O)OC(CCCC(=O)N(CCCCCCSC1CC(=O)N(CCC(=O)CCCCOCC(COCCOC)OCCOC)C1=O)CCCCCCSC1CC(=O)N(CCC(=O)NCCCOCC(COCCOC)OCCOC)C1=O)c1ccc(OC(=O)N(C)CCCN(C)C)cc1. The average Bonchev–Trinajstić information content (AvgIpc) is 1.70. The summed E-state index contributed by atoms with van der Waals surface area (Å²) in [5.41, 5.74) is 0.592. The minimum atomic E-state index is -1.21. The van der Waals surface area contributed by atoms with Gasteiger partial charge in [-0.1, -0.05) is 37.8 Å². The van der Waals surface area contributed by atoms with Gasteiger partial charge >= 0.3 is 6.09 Å². The van der Waals surface area contributed by atoms with Crippen LogP contribution in [0.1, 0.15) is 141 Å². The summed E-state index contributed by atoms with van der Waals surface area (Å²) in [6.07, 6.45) is 7.48. The standard InChI is InChI=1S/C70H118N6O21S2/c1-72(2)31-20-32-73(3)70(85)97-58-26-24-56(25-27-58)61(96-55-77)22-18-23-65(80)74(33-13-8-10-16-47-98-62-49-66(81)75(68(62)83)35-28-57(78)21-12-15-37-90-51-59(94-45-41-88-6)53-92-43-39-86-4)34-14-9-11-17-48-99-63-50-67(82)76(69(63)84)36-29-64(79)71-30-19-38-91-52-60(95-46-42-89-7)54-93-44-40-87-5/h24-27,55,59-63H,8-23,28-54H2,1-7H3,(H,71,79)/i55D. The van der Waals surface area contributed by atoms with Crippen molar-refractivity contribution in [1.29, 1.82) is 0 Å². The predicted molar refractivity (Wildman–Crippen MR) is 377 cm³/mol. The number of carbonyl (C=O) groups is 9. The number of ether oxygens (including phenoxy) is 12. The molecule has 2 heterocycles. The molecule has 1 aromatic carbocycles. The van der Waals surface area contributed by atoms with Crippen LogP contribution in [-0.4, -0.2) is 300 Å². The quantitative estimate of drug-likeness (QED) is 0.0409. The van der Waals surface area contributed by atoms with Crippen molar-refractivity contribution in [3.8, 4) is 5.75 Å². The number of nitrogens with one attached hydrogen (secondary N) is 1. The van der Waals surface area contributed by atoms with Crippen LogP contribution in [-0.2, 0) is 90.5 Å². The molecule has 0 radical (unpaired) electrons. The second-order valence-electron chi connectivity index (χ2n) is 24.7. The Morgan fingerprint density at radius 1 is 0.566 bits per heavy atom. The lowest BCUT2D eigenvalue weighted by atomic mass is 10.0. The third-order valence-corrected chi connectivity index (χ3v) is 18.9. The molecule has 0 saturated carbocycles. The van der Waals surface area contributed by atoms with Crippen LogP contribution in [0.15, 0.2) is 24.3 Å². The molecule has 27 nitrogen and oxygen atoms in total. The molecular weight excluding hydrogens is 1320 g/mol. The molecule has 2 aliphatic rings.